The molecule has 0 bridgehead atoms. The van der Waals surface area contributed by atoms with Crippen molar-refractivity contribution in [1.29, 1.82) is 0 Å². The standard InChI is InChI=1S/C9H18O2.C7H17N/c1-8(2,3)6-9(4,5)7(10)11;1-4-6-7-8(3)5-2/h6H2,1-5H3,(H,10,11);4-7H2,1-3H3. The van der Waals surface area contributed by atoms with Crippen molar-refractivity contribution < 1.29 is 9.90 Å². The van der Waals surface area contributed by atoms with Gasteiger partial charge in [0, 0.05) is 0 Å². The maximum atomic E-state index is 10.7. The molecule has 0 aliphatic carbocycles. The van der Waals surface area contributed by atoms with Crippen LogP contribution in [-0.4, -0.2) is 36.1 Å². The molecule has 0 aliphatic rings. The van der Waals surface area contributed by atoms with Gasteiger partial charge in [-0.3, -0.25) is 4.79 Å². The predicted octanol–water partition coefficient (Wildman–Crippen LogP) is 4.27. The molecule has 0 fully saturated rings. The van der Waals surface area contributed by atoms with Crippen molar-refractivity contribution in [2.45, 2.75) is 67.7 Å². The van der Waals surface area contributed by atoms with E-state index in [9.17, 15) is 4.79 Å². The molecule has 0 unspecified atom stereocenters. The first-order chi connectivity index (χ1) is 8.46. The molecular formula is C16H35NO2. The van der Waals surface area contributed by atoms with Gasteiger partial charge in [0.15, 0.2) is 0 Å². The SMILES string of the molecule is CC(C)(C)CC(C)(C)C(=O)O.CCCCN(C)CC. The van der Waals surface area contributed by atoms with Crippen LogP contribution in [0.4, 0.5) is 0 Å². The lowest BCUT2D eigenvalue weighted by Gasteiger charge is -2.28. The summed E-state index contributed by atoms with van der Waals surface area (Å²) in [5.74, 6) is -0.715. The highest BCUT2D eigenvalue weighted by Gasteiger charge is 2.31. The van der Waals surface area contributed by atoms with Gasteiger partial charge in [-0.05, 0) is 52.2 Å². The third-order valence-electron chi connectivity index (χ3n) is 2.98. The Morgan fingerprint density at radius 3 is 1.79 bits per heavy atom. The first-order valence-electron chi connectivity index (χ1n) is 7.38. The maximum Gasteiger partial charge on any atom is 0.309 e. The van der Waals surface area contributed by atoms with Crippen molar-refractivity contribution >= 4 is 5.97 Å². The monoisotopic (exact) mass is 273 g/mol. The number of hydrogen-bond donors (Lipinski definition) is 1. The minimum Gasteiger partial charge on any atom is -0.481 e. The summed E-state index contributed by atoms with van der Waals surface area (Å²) >= 11 is 0. The van der Waals surface area contributed by atoms with E-state index in [1.54, 1.807) is 13.8 Å². The molecule has 0 radical (unpaired) electrons. The lowest BCUT2D eigenvalue weighted by atomic mass is 9.76. The first kappa shape index (κ1) is 20.7. The van der Waals surface area contributed by atoms with E-state index >= 15 is 0 Å². The Morgan fingerprint density at radius 2 is 1.58 bits per heavy atom. The highest BCUT2D eigenvalue weighted by molar-refractivity contribution is 5.73. The Kier molecular flexibility index (Phi) is 10.2. The van der Waals surface area contributed by atoms with Crippen molar-refractivity contribution in [3.05, 3.63) is 0 Å². The predicted molar refractivity (Wildman–Crippen MR) is 83.6 cm³/mol. The van der Waals surface area contributed by atoms with Crippen LogP contribution in [0.1, 0.15) is 67.7 Å². The molecule has 0 saturated heterocycles. The number of carbonyl (C=O) groups is 1. The van der Waals surface area contributed by atoms with Crippen molar-refractivity contribution in [2.24, 2.45) is 10.8 Å². The Morgan fingerprint density at radius 1 is 1.11 bits per heavy atom. The van der Waals surface area contributed by atoms with Gasteiger partial charge in [-0.25, -0.2) is 0 Å². The van der Waals surface area contributed by atoms with Gasteiger partial charge in [-0.2, -0.15) is 0 Å². The molecule has 0 aromatic heterocycles. The topological polar surface area (TPSA) is 40.5 Å². The first-order valence-corrected chi connectivity index (χ1v) is 7.38. The average Bonchev–Trinajstić information content (AvgIpc) is 2.23. The Labute approximate surface area is 120 Å². The minimum absolute atomic E-state index is 0.0852. The number of unbranched alkanes of at least 4 members (excludes halogenated alkanes) is 1. The average molecular weight is 273 g/mol. The van der Waals surface area contributed by atoms with Gasteiger partial charge in [0.2, 0.25) is 0 Å². The van der Waals surface area contributed by atoms with Crippen LogP contribution < -0.4 is 0 Å². The molecule has 3 nitrogen and oxygen atoms in total. The van der Waals surface area contributed by atoms with Crippen molar-refractivity contribution in [3.8, 4) is 0 Å². The van der Waals surface area contributed by atoms with Gasteiger partial charge in [-0.1, -0.05) is 41.0 Å². The van der Waals surface area contributed by atoms with Gasteiger partial charge in [0.25, 0.3) is 0 Å². The molecular weight excluding hydrogens is 238 g/mol. The lowest BCUT2D eigenvalue weighted by Crippen LogP contribution is -2.28. The fourth-order valence-corrected chi connectivity index (χ4v) is 1.99. The molecule has 0 aromatic carbocycles. The second-order valence-corrected chi connectivity index (χ2v) is 7.18. The molecule has 0 amide bonds. The summed E-state index contributed by atoms with van der Waals surface area (Å²) in [6, 6.07) is 0. The second kappa shape index (κ2) is 9.35. The van der Waals surface area contributed by atoms with E-state index < -0.39 is 11.4 Å². The van der Waals surface area contributed by atoms with Gasteiger partial charge < -0.3 is 10.0 Å². The van der Waals surface area contributed by atoms with Crippen LogP contribution >= 0.6 is 0 Å². The van der Waals surface area contributed by atoms with Gasteiger partial charge >= 0.3 is 5.97 Å². The van der Waals surface area contributed by atoms with E-state index in [1.807, 2.05) is 0 Å². The summed E-state index contributed by atoms with van der Waals surface area (Å²) in [7, 11) is 2.16. The van der Waals surface area contributed by atoms with Crippen LogP contribution in [0.15, 0.2) is 0 Å². The minimum atomic E-state index is -0.715. The zero-order valence-corrected chi connectivity index (χ0v) is 14.3. The normalized spacial score (nSPS) is 12.1. The van der Waals surface area contributed by atoms with Crippen LogP contribution in [0.25, 0.3) is 0 Å². The molecule has 0 aliphatic heterocycles. The van der Waals surface area contributed by atoms with Crippen molar-refractivity contribution in [2.75, 3.05) is 20.1 Å². The van der Waals surface area contributed by atoms with E-state index in [1.165, 1.54) is 25.9 Å². The van der Waals surface area contributed by atoms with E-state index in [2.05, 4.69) is 46.6 Å². The third kappa shape index (κ3) is 13.7. The number of rotatable bonds is 6. The quantitative estimate of drug-likeness (QED) is 0.785. The molecule has 3 heteroatoms. The summed E-state index contributed by atoms with van der Waals surface area (Å²) in [5, 5.41) is 8.80. The Bertz CT molecular complexity index is 242. The summed E-state index contributed by atoms with van der Waals surface area (Å²) in [5.41, 5.74) is -0.514. The smallest absolute Gasteiger partial charge is 0.309 e. The maximum absolute atomic E-state index is 10.7. The fourth-order valence-electron chi connectivity index (χ4n) is 1.99. The summed E-state index contributed by atoms with van der Waals surface area (Å²) in [6.45, 7) is 16.5. The van der Waals surface area contributed by atoms with Crippen LogP contribution in [0, 0.1) is 10.8 Å². The van der Waals surface area contributed by atoms with E-state index in [0.717, 1.165) is 0 Å². The van der Waals surface area contributed by atoms with Crippen LogP contribution in [-0.2, 0) is 4.79 Å². The summed E-state index contributed by atoms with van der Waals surface area (Å²) in [4.78, 5) is 13.0. The van der Waals surface area contributed by atoms with E-state index in [4.69, 9.17) is 5.11 Å². The molecule has 0 aromatic rings. The second-order valence-electron chi connectivity index (χ2n) is 7.18. The molecule has 0 rings (SSSR count). The van der Waals surface area contributed by atoms with Crippen LogP contribution in [0.3, 0.4) is 0 Å². The van der Waals surface area contributed by atoms with Gasteiger partial charge in [0.1, 0.15) is 0 Å². The summed E-state index contributed by atoms with van der Waals surface area (Å²) in [6.07, 6.45) is 3.35. The van der Waals surface area contributed by atoms with Gasteiger partial charge in [0.05, 0.1) is 5.41 Å². The zero-order valence-electron chi connectivity index (χ0n) is 14.3. The molecule has 0 spiro atoms. The molecule has 0 heterocycles. The molecule has 19 heavy (non-hydrogen) atoms. The number of hydrogen-bond acceptors (Lipinski definition) is 2. The number of nitrogens with zero attached hydrogens (tertiary/aromatic N) is 1. The number of carboxylic acid groups (broad SMARTS) is 1. The Balaban J connectivity index is 0. The molecule has 0 atom stereocenters. The van der Waals surface area contributed by atoms with E-state index in [-0.39, 0.29) is 5.41 Å². The molecule has 0 saturated carbocycles. The summed E-state index contributed by atoms with van der Waals surface area (Å²) < 4.78 is 0. The fraction of sp³-hybridized carbons (Fsp3) is 0.938. The van der Waals surface area contributed by atoms with Crippen LogP contribution in [0.5, 0.6) is 0 Å². The highest BCUT2D eigenvalue weighted by atomic mass is 16.4. The van der Waals surface area contributed by atoms with E-state index in [0.29, 0.717) is 6.42 Å². The zero-order chi connectivity index (χ0) is 15.7. The third-order valence-corrected chi connectivity index (χ3v) is 2.98. The largest absolute Gasteiger partial charge is 0.481 e. The number of carboxylic acids is 1. The molecule has 1 N–H and O–H groups in total. The highest BCUT2D eigenvalue weighted by Crippen LogP contribution is 2.32. The Hall–Kier alpha value is -0.570. The van der Waals surface area contributed by atoms with Crippen LogP contribution in [0.2, 0.25) is 0 Å². The van der Waals surface area contributed by atoms with Crippen molar-refractivity contribution in [1.82, 2.24) is 4.90 Å². The lowest BCUT2D eigenvalue weighted by molar-refractivity contribution is -0.148. The van der Waals surface area contributed by atoms with Crippen molar-refractivity contribution in [3.63, 3.8) is 0 Å². The number of aliphatic carboxylic acids is 1. The molecule has 116 valence electrons. The van der Waals surface area contributed by atoms with Gasteiger partial charge in [-0.15, -0.1) is 0 Å².